The van der Waals surface area contributed by atoms with Crippen LogP contribution in [0.15, 0.2) is 24.3 Å². The average Bonchev–Trinajstić information content (AvgIpc) is 2.17. The highest BCUT2D eigenvalue weighted by molar-refractivity contribution is 6.63. The summed E-state index contributed by atoms with van der Waals surface area (Å²) in [6.07, 6.45) is 0. The lowest BCUT2D eigenvalue weighted by molar-refractivity contribution is -0.384. The van der Waals surface area contributed by atoms with E-state index in [0.29, 0.717) is 5.56 Å². The Morgan fingerprint density at radius 3 is 2.33 bits per heavy atom. The van der Waals surface area contributed by atoms with Gasteiger partial charge in [0.2, 0.25) is 0 Å². The topological polar surface area (TPSA) is 63.4 Å². The molecule has 0 spiro atoms. The van der Waals surface area contributed by atoms with Gasteiger partial charge in [0.05, 0.1) is 11.5 Å². The van der Waals surface area contributed by atoms with Crippen molar-refractivity contribution in [1.29, 1.82) is 0 Å². The second-order valence-corrected chi connectivity index (χ2v) is 4.31. The number of nitro groups is 1. The molecule has 0 aromatic heterocycles. The van der Waals surface area contributed by atoms with E-state index in [2.05, 4.69) is 0 Å². The van der Waals surface area contributed by atoms with E-state index in [1.165, 1.54) is 12.1 Å². The third kappa shape index (κ3) is 7.39. The minimum absolute atomic E-state index is 0.0107. The van der Waals surface area contributed by atoms with Crippen molar-refractivity contribution in [2.45, 2.75) is 10.9 Å². The third-order valence-corrected chi connectivity index (χ3v) is 1.30. The van der Waals surface area contributed by atoms with Crippen LogP contribution in [0.2, 0.25) is 0 Å². The summed E-state index contributed by atoms with van der Waals surface area (Å²) in [6, 6.07) is 5.91. The van der Waals surface area contributed by atoms with Crippen LogP contribution in [0, 0.1) is 10.1 Å². The molecule has 1 aromatic rings. The Morgan fingerprint density at radius 2 is 1.93 bits per heavy atom. The second kappa shape index (κ2) is 7.70. The molecule has 0 aliphatic heterocycles. The number of halogens is 3. The standard InChI is InChI=1S/C7H7NO3.CHCl3/c9-5-6-2-1-3-7(4-6)8(10)11;2-1(3)4/h1-4,9H,5H2;1H. The number of nitrogens with zero attached hydrogens (tertiary/aromatic N) is 1. The fourth-order valence-corrected chi connectivity index (χ4v) is 0.768. The Labute approximate surface area is 102 Å². The van der Waals surface area contributed by atoms with Crippen LogP contribution in [0.4, 0.5) is 5.69 Å². The monoisotopic (exact) mass is 271 g/mol. The number of aliphatic hydroxyl groups is 1. The molecular formula is C8H8Cl3NO3. The van der Waals surface area contributed by atoms with Crippen molar-refractivity contribution in [2.75, 3.05) is 0 Å². The Morgan fingerprint density at radius 1 is 1.40 bits per heavy atom. The van der Waals surface area contributed by atoms with Gasteiger partial charge in [-0.05, 0) is 5.56 Å². The SMILES string of the molecule is ClC(Cl)Cl.O=[N+]([O-])c1cccc(CO)c1. The molecule has 7 heteroatoms. The van der Waals surface area contributed by atoms with Crippen molar-refractivity contribution in [3.63, 3.8) is 0 Å². The smallest absolute Gasteiger partial charge is 0.269 e. The van der Waals surface area contributed by atoms with E-state index in [0.717, 1.165) is 0 Å². The number of alkyl halides is 3. The molecule has 0 saturated carbocycles. The van der Waals surface area contributed by atoms with E-state index in [1.807, 2.05) is 0 Å². The molecule has 0 aliphatic carbocycles. The van der Waals surface area contributed by atoms with Crippen molar-refractivity contribution in [2.24, 2.45) is 0 Å². The molecular weight excluding hydrogens is 264 g/mol. The summed E-state index contributed by atoms with van der Waals surface area (Å²) in [5.74, 6) is 0. The van der Waals surface area contributed by atoms with Crippen molar-refractivity contribution in [1.82, 2.24) is 0 Å². The second-order valence-electron chi connectivity index (χ2n) is 2.33. The van der Waals surface area contributed by atoms with E-state index >= 15 is 0 Å². The Balaban J connectivity index is 0.000000423. The number of hydrogen-bond acceptors (Lipinski definition) is 3. The molecule has 0 aliphatic rings. The first-order chi connectivity index (χ1) is 6.97. The maximum Gasteiger partial charge on any atom is 0.269 e. The quantitative estimate of drug-likeness (QED) is 0.511. The summed E-state index contributed by atoms with van der Waals surface area (Å²) < 4.78 is -0.750. The van der Waals surface area contributed by atoms with Crippen LogP contribution in [0.1, 0.15) is 5.56 Å². The number of nitro benzene ring substituents is 1. The van der Waals surface area contributed by atoms with Crippen molar-refractivity contribution >= 4 is 40.5 Å². The molecule has 0 atom stereocenters. The van der Waals surface area contributed by atoms with Crippen LogP contribution in [-0.4, -0.2) is 14.3 Å². The third-order valence-electron chi connectivity index (χ3n) is 1.30. The van der Waals surface area contributed by atoms with Crippen LogP contribution in [-0.2, 0) is 6.61 Å². The lowest BCUT2D eigenvalue weighted by Gasteiger charge is -1.93. The summed E-state index contributed by atoms with van der Waals surface area (Å²) in [7, 11) is 0. The van der Waals surface area contributed by atoms with E-state index in [9.17, 15) is 10.1 Å². The maximum absolute atomic E-state index is 10.2. The first kappa shape index (κ1) is 14.5. The molecule has 0 fully saturated rings. The van der Waals surface area contributed by atoms with Gasteiger partial charge in [0.25, 0.3) is 5.69 Å². The first-order valence-electron chi connectivity index (χ1n) is 3.73. The summed E-state index contributed by atoms with van der Waals surface area (Å²) in [6.45, 7) is -0.165. The Bertz CT molecular complexity index is 317. The van der Waals surface area contributed by atoms with Gasteiger partial charge >= 0.3 is 0 Å². The zero-order valence-corrected chi connectivity index (χ0v) is 9.71. The van der Waals surface area contributed by atoms with Gasteiger partial charge in [-0.15, -0.1) is 0 Å². The van der Waals surface area contributed by atoms with Gasteiger partial charge in [0, 0.05) is 12.1 Å². The van der Waals surface area contributed by atoms with Gasteiger partial charge in [0.15, 0.2) is 4.30 Å². The number of aliphatic hydroxyl groups excluding tert-OH is 1. The molecule has 0 saturated heterocycles. The molecule has 0 radical (unpaired) electrons. The highest BCUT2D eigenvalue weighted by Gasteiger charge is 2.03. The average molecular weight is 273 g/mol. The molecule has 84 valence electrons. The largest absolute Gasteiger partial charge is 0.392 e. The van der Waals surface area contributed by atoms with Gasteiger partial charge < -0.3 is 5.11 Å². The summed E-state index contributed by atoms with van der Waals surface area (Å²) in [4.78, 5) is 9.71. The van der Waals surface area contributed by atoms with E-state index < -0.39 is 9.22 Å². The molecule has 1 rings (SSSR count). The fraction of sp³-hybridized carbons (Fsp3) is 0.250. The molecule has 1 N–H and O–H groups in total. The van der Waals surface area contributed by atoms with Crippen molar-refractivity contribution < 1.29 is 10.0 Å². The highest BCUT2D eigenvalue weighted by atomic mass is 35.6. The first-order valence-corrected chi connectivity index (χ1v) is 5.04. The highest BCUT2D eigenvalue weighted by Crippen LogP contribution is 2.12. The van der Waals surface area contributed by atoms with Crippen molar-refractivity contribution in [3.05, 3.63) is 39.9 Å². The summed E-state index contributed by atoms with van der Waals surface area (Å²) in [5.41, 5.74) is 0.566. The van der Waals surface area contributed by atoms with Gasteiger partial charge in [0.1, 0.15) is 0 Å². The summed E-state index contributed by atoms with van der Waals surface area (Å²) in [5, 5.41) is 18.8. The van der Waals surface area contributed by atoms with Crippen LogP contribution in [0.25, 0.3) is 0 Å². The van der Waals surface area contributed by atoms with Crippen LogP contribution in [0.3, 0.4) is 0 Å². The molecule has 0 bridgehead atoms. The van der Waals surface area contributed by atoms with E-state index in [-0.39, 0.29) is 12.3 Å². The Kier molecular flexibility index (Phi) is 7.42. The van der Waals surface area contributed by atoms with E-state index in [4.69, 9.17) is 39.9 Å². The van der Waals surface area contributed by atoms with Crippen LogP contribution >= 0.6 is 34.8 Å². The van der Waals surface area contributed by atoms with Gasteiger partial charge in [-0.25, -0.2) is 0 Å². The molecule has 0 unspecified atom stereocenters. The zero-order chi connectivity index (χ0) is 11.8. The molecule has 0 amide bonds. The number of hydrogen-bond donors (Lipinski definition) is 1. The van der Waals surface area contributed by atoms with Gasteiger partial charge in [-0.2, -0.15) is 0 Å². The van der Waals surface area contributed by atoms with Crippen LogP contribution < -0.4 is 0 Å². The number of benzene rings is 1. The van der Waals surface area contributed by atoms with E-state index in [1.54, 1.807) is 12.1 Å². The fourth-order valence-electron chi connectivity index (χ4n) is 0.768. The summed E-state index contributed by atoms with van der Waals surface area (Å²) >= 11 is 14.4. The van der Waals surface area contributed by atoms with Gasteiger partial charge in [-0.1, -0.05) is 46.9 Å². The number of non-ortho nitro benzene ring substituents is 1. The lowest BCUT2D eigenvalue weighted by Crippen LogP contribution is -1.89. The van der Waals surface area contributed by atoms with Crippen molar-refractivity contribution in [3.8, 4) is 0 Å². The number of rotatable bonds is 2. The predicted octanol–water partition coefficient (Wildman–Crippen LogP) is 3.07. The predicted molar refractivity (Wildman–Crippen MR) is 60.4 cm³/mol. The molecule has 0 heterocycles. The molecule has 15 heavy (non-hydrogen) atoms. The molecule has 1 aromatic carbocycles. The van der Waals surface area contributed by atoms with Crippen LogP contribution in [0.5, 0.6) is 0 Å². The zero-order valence-electron chi connectivity index (χ0n) is 7.44. The Hall–Kier alpha value is -0.550. The molecule has 4 nitrogen and oxygen atoms in total. The van der Waals surface area contributed by atoms with Gasteiger partial charge in [-0.3, -0.25) is 10.1 Å². The maximum atomic E-state index is 10.2. The lowest BCUT2D eigenvalue weighted by atomic mass is 10.2. The minimum Gasteiger partial charge on any atom is -0.392 e. The minimum atomic E-state index is -0.750. The normalized spacial score (nSPS) is 9.40.